The summed E-state index contributed by atoms with van der Waals surface area (Å²) in [6.07, 6.45) is -4.42. The van der Waals surface area contributed by atoms with Gasteiger partial charge in [-0.1, -0.05) is 27.7 Å². The lowest BCUT2D eigenvalue weighted by Gasteiger charge is -2.30. The molecule has 95 heavy (non-hydrogen) atoms. The van der Waals surface area contributed by atoms with Crippen LogP contribution in [0.1, 0.15) is 113 Å². The Hall–Kier alpha value is -8.82. The molecule has 1 heterocycles. The topological polar surface area (TPSA) is 611 Å². The van der Waals surface area contributed by atoms with E-state index in [1.807, 2.05) is 16.9 Å². The zero-order valence-electron chi connectivity index (χ0n) is 54.3. The van der Waals surface area contributed by atoms with Crippen LogP contribution in [0.25, 0.3) is 0 Å². The highest BCUT2D eigenvalue weighted by Crippen LogP contribution is 2.20. The zero-order chi connectivity index (χ0) is 72.7. The van der Waals surface area contributed by atoms with Crippen LogP contribution in [0.15, 0.2) is 0 Å². The standard InChI is InChI=1S/C56H93N15O23S/c1-24(2)19-33(48(85)65-32(56(93)94)12-14-37(58)75)63-39(77)22-60-47(84)31(13-15-40(78)79)64-52(89)42(25(3)4)68-49(86)34(20-41(80)81)66-50(87)35(23-72)67-53(90)43(28(7)73)70-54(91)44(29(8)74)69-51(88)36-11-10-17-71(36)55(92)27(6)62-45(82)26(5)61-38(76)21-59-46(83)30(57)16-18-95-9/h24-36,42-44,72-74H,10-23,57H2,1-9H3,(H2,58,75)(H,59,83)(H,60,84)(H,61,76)(H,62,82)(H,63,77)(H,64,89)(H,65,85)(H,66,87)(H,67,90)(H,68,86)(H,69,88)(H,70,91)(H,78,79)(H,80,81)(H,93,94)/t26-,27-,28+,29+,30-,31-,32-,33-,34-,35-,36-,42-,43-,44-/m0/s1. The van der Waals surface area contributed by atoms with Gasteiger partial charge in [-0.2, -0.15) is 11.8 Å². The smallest absolute Gasteiger partial charge is 0.326 e. The Morgan fingerprint density at radius 3 is 1.54 bits per heavy atom. The number of nitrogens with zero attached hydrogens (tertiary/aromatic N) is 1. The Morgan fingerprint density at radius 1 is 0.516 bits per heavy atom. The highest BCUT2D eigenvalue weighted by molar-refractivity contribution is 7.98. The van der Waals surface area contributed by atoms with Crippen LogP contribution in [0.2, 0.25) is 0 Å². The molecule has 0 aliphatic carbocycles. The number of amides is 14. The maximum atomic E-state index is 13.8. The minimum Gasteiger partial charge on any atom is -0.481 e. The average Bonchev–Trinajstić information content (AvgIpc) is 1.78. The lowest BCUT2D eigenvalue weighted by atomic mass is 10.0. The predicted molar refractivity (Wildman–Crippen MR) is 332 cm³/mol. The monoisotopic (exact) mass is 1380 g/mol. The number of carboxylic acids is 3. The third-order valence-corrected chi connectivity index (χ3v) is 14.9. The van der Waals surface area contributed by atoms with E-state index in [1.165, 1.54) is 39.5 Å². The van der Waals surface area contributed by atoms with Gasteiger partial charge in [0.15, 0.2) is 0 Å². The number of hydrogen-bond donors (Lipinski definition) is 20. The van der Waals surface area contributed by atoms with Crippen LogP contribution in [-0.2, 0) is 81.5 Å². The number of likely N-dealkylation sites (tertiary alicyclic amines) is 1. The third-order valence-electron chi connectivity index (χ3n) is 14.3. The molecule has 1 aliphatic heterocycles. The van der Waals surface area contributed by atoms with Gasteiger partial charge in [0, 0.05) is 19.4 Å². The molecule has 536 valence electrons. The van der Waals surface area contributed by atoms with E-state index < -0.39 is 237 Å². The van der Waals surface area contributed by atoms with Crippen LogP contribution in [0.5, 0.6) is 0 Å². The second-order valence-corrected chi connectivity index (χ2v) is 24.3. The van der Waals surface area contributed by atoms with Crippen LogP contribution < -0.4 is 75.3 Å². The highest BCUT2D eigenvalue weighted by atomic mass is 32.2. The Balaban J connectivity index is 3.19. The number of hydrogen-bond acceptors (Lipinski definition) is 22. The summed E-state index contributed by atoms with van der Waals surface area (Å²) in [7, 11) is 0. The number of carbonyl (C=O) groups excluding carboxylic acids is 14. The fourth-order valence-electron chi connectivity index (χ4n) is 9.04. The van der Waals surface area contributed by atoms with E-state index in [4.69, 9.17) is 11.5 Å². The fourth-order valence-corrected chi connectivity index (χ4v) is 9.53. The van der Waals surface area contributed by atoms with Gasteiger partial charge >= 0.3 is 17.9 Å². The first kappa shape index (κ1) is 84.2. The van der Waals surface area contributed by atoms with Crippen LogP contribution in [0.4, 0.5) is 0 Å². The molecule has 14 atom stereocenters. The summed E-state index contributed by atoms with van der Waals surface area (Å²) >= 11 is 1.48. The Labute approximate surface area is 550 Å². The van der Waals surface area contributed by atoms with E-state index in [0.717, 1.165) is 18.7 Å². The summed E-state index contributed by atoms with van der Waals surface area (Å²) < 4.78 is 0. The van der Waals surface area contributed by atoms with Gasteiger partial charge in [-0.15, -0.1) is 0 Å². The first-order valence-corrected chi connectivity index (χ1v) is 31.7. The zero-order valence-corrected chi connectivity index (χ0v) is 55.1. The molecular weight excluding hydrogens is 1280 g/mol. The van der Waals surface area contributed by atoms with Gasteiger partial charge in [0.1, 0.15) is 66.5 Å². The molecule has 0 bridgehead atoms. The summed E-state index contributed by atoms with van der Waals surface area (Å²) in [5.74, 6) is -19.7. The van der Waals surface area contributed by atoms with E-state index in [2.05, 4.69) is 53.2 Å². The average molecular weight is 1380 g/mol. The van der Waals surface area contributed by atoms with Gasteiger partial charge in [0.2, 0.25) is 82.7 Å². The molecule has 0 saturated carbocycles. The van der Waals surface area contributed by atoms with Crippen molar-refractivity contribution >= 4 is 112 Å². The molecule has 0 aromatic rings. The van der Waals surface area contributed by atoms with Crippen molar-refractivity contribution in [2.45, 2.75) is 198 Å². The number of nitrogens with one attached hydrogen (secondary N) is 12. The number of nitrogens with two attached hydrogens (primary N) is 2. The molecular formula is C56H93N15O23S. The van der Waals surface area contributed by atoms with Crippen molar-refractivity contribution in [2.24, 2.45) is 23.3 Å². The molecule has 0 aromatic carbocycles. The van der Waals surface area contributed by atoms with Gasteiger partial charge in [0.05, 0.1) is 44.4 Å². The van der Waals surface area contributed by atoms with Gasteiger partial charge in [-0.3, -0.25) is 76.7 Å². The van der Waals surface area contributed by atoms with Crippen LogP contribution in [0, 0.1) is 11.8 Å². The highest BCUT2D eigenvalue weighted by Gasteiger charge is 2.41. The van der Waals surface area contributed by atoms with E-state index in [-0.39, 0.29) is 38.1 Å². The SMILES string of the molecule is CSCC[C@H](N)C(=O)NCC(=O)N[C@@H](C)C(=O)N[C@@H](C)C(=O)N1CCC[C@H]1C(=O)N[C@H](C(=O)N[C@H](C(=O)N[C@@H](CO)C(=O)N[C@@H](CC(=O)O)C(=O)N[C@H](C(=O)N[C@@H](CCC(=O)O)C(=O)NCC(=O)N[C@@H](CC(C)C)C(=O)N[C@@H](CCC(N)=O)C(=O)O)C(C)C)[C@@H](C)O)[C@@H](C)O. The summed E-state index contributed by atoms with van der Waals surface area (Å²) in [6.45, 7) is 8.15. The van der Waals surface area contributed by atoms with Crippen LogP contribution in [-0.4, -0.2) is 259 Å². The van der Waals surface area contributed by atoms with Crippen molar-refractivity contribution in [1.29, 1.82) is 0 Å². The van der Waals surface area contributed by atoms with Crippen molar-refractivity contribution < 1.29 is 112 Å². The molecule has 38 nitrogen and oxygen atoms in total. The molecule has 14 amide bonds. The molecule has 0 radical (unpaired) electrons. The lowest BCUT2D eigenvalue weighted by molar-refractivity contribution is -0.143. The van der Waals surface area contributed by atoms with Crippen molar-refractivity contribution in [3.05, 3.63) is 0 Å². The summed E-state index contributed by atoms with van der Waals surface area (Å²) in [6, 6.07) is -19.1. The number of rotatable bonds is 43. The maximum Gasteiger partial charge on any atom is 0.326 e. The predicted octanol–water partition coefficient (Wildman–Crippen LogP) is -8.68. The quantitative estimate of drug-likeness (QED) is 0.0270. The van der Waals surface area contributed by atoms with E-state index >= 15 is 0 Å². The molecule has 1 rings (SSSR count). The molecule has 0 unspecified atom stereocenters. The maximum absolute atomic E-state index is 13.8. The number of carboxylic acid groups (broad SMARTS) is 3. The van der Waals surface area contributed by atoms with Crippen molar-refractivity contribution in [2.75, 3.05) is 38.2 Å². The van der Waals surface area contributed by atoms with Crippen molar-refractivity contribution in [1.82, 2.24) is 68.7 Å². The molecule has 39 heteroatoms. The second-order valence-electron chi connectivity index (χ2n) is 23.3. The van der Waals surface area contributed by atoms with Gasteiger partial charge < -0.3 is 111 Å². The number of aliphatic carboxylic acids is 3. The lowest BCUT2D eigenvalue weighted by Crippen LogP contribution is -2.63. The largest absolute Gasteiger partial charge is 0.481 e. The Bertz CT molecular complexity index is 2760. The fraction of sp³-hybridized carbons (Fsp3) is 0.696. The van der Waals surface area contributed by atoms with E-state index in [1.54, 1.807) is 13.8 Å². The number of aliphatic hydroxyl groups excluding tert-OH is 3. The molecule has 1 saturated heterocycles. The molecule has 0 spiro atoms. The van der Waals surface area contributed by atoms with E-state index in [0.29, 0.717) is 12.2 Å². The minimum atomic E-state index is -2.11. The van der Waals surface area contributed by atoms with Gasteiger partial charge in [-0.05, 0) is 90.1 Å². The number of primary amides is 1. The number of carbonyl (C=O) groups is 17. The minimum absolute atomic E-state index is 0.000565. The first-order valence-electron chi connectivity index (χ1n) is 30.3. The van der Waals surface area contributed by atoms with Crippen LogP contribution in [0.3, 0.4) is 0 Å². The van der Waals surface area contributed by atoms with Crippen molar-refractivity contribution in [3.8, 4) is 0 Å². The molecule has 1 fully saturated rings. The molecule has 22 N–H and O–H groups in total. The third kappa shape index (κ3) is 30.4. The van der Waals surface area contributed by atoms with Crippen molar-refractivity contribution in [3.63, 3.8) is 0 Å². The number of thioether (sulfide) groups is 1. The Kier molecular flexibility index (Phi) is 37.0. The van der Waals surface area contributed by atoms with Gasteiger partial charge in [0.25, 0.3) is 0 Å². The van der Waals surface area contributed by atoms with E-state index in [9.17, 15) is 112 Å². The first-order chi connectivity index (χ1) is 44.3. The van der Waals surface area contributed by atoms with Crippen LogP contribution >= 0.6 is 11.8 Å². The normalized spacial score (nSPS) is 16.8. The number of aliphatic hydroxyl groups is 3. The Morgan fingerprint density at radius 2 is 1.01 bits per heavy atom. The van der Waals surface area contributed by atoms with Gasteiger partial charge in [-0.25, -0.2) is 4.79 Å². The summed E-state index contributed by atoms with van der Waals surface area (Å²) in [5, 5.41) is 87.2. The second kappa shape index (κ2) is 41.8. The summed E-state index contributed by atoms with van der Waals surface area (Å²) in [4.78, 5) is 221. The summed E-state index contributed by atoms with van der Waals surface area (Å²) in [5.41, 5.74) is 10.9. The molecule has 1 aliphatic rings. The molecule has 0 aromatic heterocycles.